The first-order chi connectivity index (χ1) is 13.8. The molecule has 1 aromatic carbocycles. The Bertz CT molecular complexity index is 864. The van der Waals surface area contributed by atoms with E-state index >= 15 is 0 Å². The Morgan fingerprint density at radius 1 is 1.17 bits per heavy atom. The Kier molecular flexibility index (Phi) is 7.77. The van der Waals surface area contributed by atoms with Crippen molar-refractivity contribution in [1.82, 2.24) is 0 Å². The molecular formula is C24H33NO4. The number of ketones is 2. The molecule has 0 bridgehead atoms. The van der Waals surface area contributed by atoms with Gasteiger partial charge in [-0.25, -0.2) is 0 Å². The highest BCUT2D eigenvalue weighted by Gasteiger charge is 2.33. The molecule has 1 N–H and O–H groups in total. The third-order valence-electron chi connectivity index (χ3n) is 5.56. The number of carbonyl (C=O) groups excluding carboxylic acids is 2. The van der Waals surface area contributed by atoms with E-state index in [-0.39, 0.29) is 29.7 Å². The van der Waals surface area contributed by atoms with E-state index in [4.69, 9.17) is 4.84 Å². The SMILES string of the molecule is CCCC(=O)c1c(C)cc(C)c([C@H]2CC(=O)C(/C(CC)=N/OCC)=C(O)C2)c1C. The van der Waals surface area contributed by atoms with Crippen molar-refractivity contribution in [3.05, 3.63) is 45.2 Å². The third-order valence-corrected chi connectivity index (χ3v) is 5.56. The zero-order valence-corrected chi connectivity index (χ0v) is 18.5. The van der Waals surface area contributed by atoms with E-state index in [1.54, 1.807) is 0 Å². The van der Waals surface area contributed by atoms with Crippen LogP contribution in [-0.2, 0) is 9.63 Å². The molecule has 158 valence electrons. The Labute approximate surface area is 173 Å². The topological polar surface area (TPSA) is 76.0 Å². The first-order valence-electron chi connectivity index (χ1n) is 10.5. The number of Topliss-reactive ketones (excluding diaryl/α,β-unsaturated/α-hetero) is 2. The largest absolute Gasteiger partial charge is 0.511 e. The molecule has 5 heteroatoms. The van der Waals surface area contributed by atoms with Gasteiger partial charge in [0.1, 0.15) is 12.4 Å². The molecule has 0 aromatic heterocycles. The minimum atomic E-state index is -0.148. The minimum absolute atomic E-state index is 0.0624. The molecule has 1 atom stereocenters. The average molecular weight is 400 g/mol. The van der Waals surface area contributed by atoms with Gasteiger partial charge in [0.2, 0.25) is 0 Å². The molecule has 0 unspecified atom stereocenters. The monoisotopic (exact) mass is 399 g/mol. The van der Waals surface area contributed by atoms with E-state index < -0.39 is 0 Å². The minimum Gasteiger partial charge on any atom is -0.511 e. The number of allylic oxidation sites excluding steroid dienone is 2. The molecule has 2 rings (SSSR count). The lowest BCUT2D eigenvalue weighted by Crippen LogP contribution is -2.25. The Morgan fingerprint density at radius 3 is 2.41 bits per heavy atom. The van der Waals surface area contributed by atoms with E-state index in [0.717, 1.165) is 34.2 Å². The summed E-state index contributed by atoms with van der Waals surface area (Å²) in [5.41, 5.74) is 5.53. The number of hydrogen-bond acceptors (Lipinski definition) is 5. The van der Waals surface area contributed by atoms with Gasteiger partial charge in [-0.1, -0.05) is 25.1 Å². The molecule has 0 radical (unpaired) electrons. The van der Waals surface area contributed by atoms with Gasteiger partial charge in [0.25, 0.3) is 0 Å². The number of aryl methyl sites for hydroxylation is 2. The van der Waals surface area contributed by atoms with Crippen LogP contribution >= 0.6 is 0 Å². The maximum Gasteiger partial charge on any atom is 0.168 e. The predicted octanol–water partition coefficient (Wildman–Crippen LogP) is 5.66. The van der Waals surface area contributed by atoms with Gasteiger partial charge in [-0.2, -0.15) is 0 Å². The van der Waals surface area contributed by atoms with Crippen molar-refractivity contribution >= 4 is 17.3 Å². The summed E-state index contributed by atoms with van der Waals surface area (Å²) in [5.74, 6) is -0.0686. The second-order valence-electron chi connectivity index (χ2n) is 7.76. The van der Waals surface area contributed by atoms with Crippen molar-refractivity contribution in [2.24, 2.45) is 5.16 Å². The average Bonchev–Trinajstić information content (AvgIpc) is 2.63. The quantitative estimate of drug-likeness (QED) is 0.348. The van der Waals surface area contributed by atoms with Gasteiger partial charge in [0.15, 0.2) is 11.6 Å². The fourth-order valence-electron chi connectivity index (χ4n) is 4.47. The molecular weight excluding hydrogens is 366 g/mol. The highest BCUT2D eigenvalue weighted by molar-refractivity contribution is 6.23. The zero-order valence-electron chi connectivity index (χ0n) is 18.5. The Balaban J connectivity index is 2.49. The van der Waals surface area contributed by atoms with Crippen LogP contribution in [0.4, 0.5) is 0 Å². The standard InChI is InChI=1S/C24H33NO4/c1-7-10-19(26)23-15(5)11-14(4)22(16(23)6)17-12-20(27)24(21(28)13-17)18(8-2)25-29-9-3/h11,17,27H,7-10,12-13H2,1-6H3/b25-18+/t17-/m1/s1. The number of aliphatic hydroxyl groups is 1. The fraction of sp³-hybridized carbons (Fsp3) is 0.542. The molecule has 0 heterocycles. The maximum atomic E-state index is 12.9. The molecule has 0 fully saturated rings. The van der Waals surface area contributed by atoms with Crippen LogP contribution in [0.1, 0.15) is 91.4 Å². The molecule has 5 nitrogen and oxygen atoms in total. The molecule has 1 aliphatic carbocycles. The van der Waals surface area contributed by atoms with Gasteiger partial charge in [0.05, 0.1) is 11.3 Å². The molecule has 1 aromatic rings. The highest BCUT2D eigenvalue weighted by Crippen LogP contribution is 2.39. The summed E-state index contributed by atoms with van der Waals surface area (Å²) in [6.07, 6.45) is 2.47. The summed E-state index contributed by atoms with van der Waals surface area (Å²) in [6, 6.07) is 2.03. The number of nitrogens with zero attached hydrogens (tertiary/aromatic N) is 1. The summed E-state index contributed by atoms with van der Waals surface area (Å²) >= 11 is 0. The summed E-state index contributed by atoms with van der Waals surface area (Å²) in [5, 5.41) is 14.7. The van der Waals surface area contributed by atoms with Gasteiger partial charge in [-0.05, 0) is 68.7 Å². The highest BCUT2D eigenvalue weighted by atomic mass is 16.6. The number of oxime groups is 1. The summed E-state index contributed by atoms with van der Waals surface area (Å²) in [6.45, 7) is 12.1. The van der Waals surface area contributed by atoms with E-state index in [9.17, 15) is 14.7 Å². The lowest BCUT2D eigenvalue weighted by Gasteiger charge is -2.28. The van der Waals surface area contributed by atoms with Crippen molar-refractivity contribution < 1.29 is 19.5 Å². The van der Waals surface area contributed by atoms with Crippen molar-refractivity contribution in [1.29, 1.82) is 0 Å². The number of hydrogen-bond donors (Lipinski definition) is 1. The number of rotatable bonds is 8. The zero-order chi connectivity index (χ0) is 21.7. The molecule has 0 aliphatic heterocycles. The first kappa shape index (κ1) is 22.9. The van der Waals surface area contributed by atoms with Gasteiger partial charge in [0, 0.05) is 24.8 Å². The molecule has 1 aliphatic rings. The van der Waals surface area contributed by atoms with E-state index in [1.165, 1.54) is 0 Å². The van der Waals surface area contributed by atoms with Crippen LogP contribution < -0.4 is 0 Å². The number of benzene rings is 1. The van der Waals surface area contributed by atoms with Crippen LogP contribution in [0.2, 0.25) is 0 Å². The van der Waals surface area contributed by atoms with Crippen LogP contribution in [0.15, 0.2) is 22.6 Å². The summed E-state index contributed by atoms with van der Waals surface area (Å²) in [7, 11) is 0. The van der Waals surface area contributed by atoms with Gasteiger partial charge >= 0.3 is 0 Å². The fourth-order valence-corrected chi connectivity index (χ4v) is 4.47. The lowest BCUT2D eigenvalue weighted by atomic mass is 9.76. The van der Waals surface area contributed by atoms with Crippen LogP contribution in [0.3, 0.4) is 0 Å². The predicted molar refractivity (Wildman–Crippen MR) is 116 cm³/mol. The number of carbonyl (C=O) groups is 2. The van der Waals surface area contributed by atoms with E-state index in [1.807, 2.05) is 47.6 Å². The van der Waals surface area contributed by atoms with Gasteiger partial charge in [-0.15, -0.1) is 0 Å². The number of aliphatic hydroxyl groups excluding tert-OH is 1. The van der Waals surface area contributed by atoms with Crippen molar-refractivity contribution in [2.75, 3.05) is 6.61 Å². The van der Waals surface area contributed by atoms with Gasteiger partial charge < -0.3 is 9.94 Å². The first-order valence-corrected chi connectivity index (χ1v) is 10.5. The second kappa shape index (κ2) is 9.86. The van der Waals surface area contributed by atoms with Crippen molar-refractivity contribution in [2.45, 2.75) is 79.6 Å². The van der Waals surface area contributed by atoms with Crippen LogP contribution in [0.25, 0.3) is 0 Å². The molecule has 0 spiro atoms. The van der Waals surface area contributed by atoms with Crippen molar-refractivity contribution in [3.8, 4) is 0 Å². The van der Waals surface area contributed by atoms with Crippen LogP contribution in [0, 0.1) is 20.8 Å². The summed E-state index contributed by atoms with van der Waals surface area (Å²) < 4.78 is 0. The maximum absolute atomic E-state index is 12.9. The van der Waals surface area contributed by atoms with E-state index in [2.05, 4.69) is 5.16 Å². The summed E-state index contributed by atoms with van der Waals surface area (Å²) in [4.78, 5) is 30.7. The molecule has 29 heavy (non-hydrogen) atoms. The second-order valence-corrected chi connectivity index (χ2v) is 7.76. The molecule has 0 amide bonds. The van der Waals surface area contributed by atoms with Crippen LogP contribution in [0.5, 0.6) is 0 Å². The van der Waals surface area contributed by atoms with Crippen molar-refractivity contribution in [3.63, 3.8) is 0 Å². The lowest BCUT2D eigenvalue weighted by molar-refractivity contribution is -0.116. The molecule has 0 saturated carbocycles. The van der Waals surface area contributed by atoms with Crippen LogP contribution in [-0.4, -0.2) is 29.0 Å². The van der Waals surface area contributed by atoms with E-state index in [0.29, 0.717) is 37.2 Å². The Hall–Kier alpha value is -2.43. The Morgan fingerprint density at radius 2 is 1.86 bits per heavy atom. The third kappa shape index (κ3) is 4.77. The smallest absolute Gasteiger partial charge is 0.168 e. The molecule has 0 saturated heterocycles. The van der Waals surface area contributed by atoms with Gasteiger partial charge in [-0.3, -0.25) is 9.59 Å². The normalized spacial score (nSPS) is 17.7.